The highest BCUT2D eigenvalue weighted by molar-refractivity contribution is 6.68. The third kappa shape index (κ3) is 6.65. The Kier molecular flexibility index (Phi) is 6.09. The van der Waals surface area contributed by atoms with Crippen molar-refractivity contribution in [2.75, 3.05) is 6.61 Å². The molecule has 0 aromatic rings. The van der Waals surface area contributed by atoms with Crippen LogP contribution in [0.2, 0.25) is 0 Å². The van der Waals surface area contributed by atoms with Crippen LogP contribution in [0.4, 0.5) is 4.79 Å². The van der Waals surface area contributed by atoms with Gasteiger partial charge in [-0.1, -0.05) is 34.8 Å². The van der Waals surface area contributed by atoms with Crippen molar-refractivity contribution in [3.63, 3.8) is 0 Å². The number of hydrogen-bond donors (Lipinski definition) is 1. The van der Waals surface area contributed by atoms with Crippen molar-refractivity contribution in [3.05, 3.63) is 0 Å². The van der Waals surface area contributed by atoms with Crippen molar-refractivity contribution in [1.29, 1.82) is 0 Å². The number of halogens is 3. The molecule has 0 aliphatic heterocycles. The summed E-state index contributed by atoms with van der Waals surface area (Å²) >= 11 is 16.4. The van der Waals surface area contributed by atoms with E-state index in [1.54, 1.807) is 6.92 Å². The number of rotatable bonds is 3. The summed E-state index contributed by atoms with van der Waals surface area (Å²) in [6.07, 6.45) is -2.23. The molecule has 5 nitrogen and oxygen atoms in total. The van der Waals surface area contributed by atoms with E-state index in [2.05, 4.69) is 14.8 Å². The van der Waals surface area contributed by atoms with Gasteiger partial charge in [0.2, 0.25) is 10.0 Å². The van der Waals surface area contributed by atoms with E-state index in [9.17, 15) is 9.59 Å². The summed E-state index contributed by atoms with van der Waals surface area (Å²) in [7, 11) is 0. The summed E-state index contributed by atoms with van der Waals surface area (Å²) < 4.78 is 7.16. The third-order valence-electron chi connectivity index (χ3n) is 1.11. The Morgan fingerprint density at radius 3 is 2.27 bits per heavy atom. The molecule has 1 amide bonds. The molecule has 0 unspecified atom stereocenters. The van der Waals surface area contributed by atoms with Gasteiger partial charge in [0.25, 0.3) is 0 Å². The van der Waals surface area contributed by atoms with Gasteiger partial charge in [-0.2, -0.15) is 0 Å². The zero-order valence-corrected chi connectivity index (χ0v) is 10.3. The van der Waals surface area contributed by atoms with Crippen LogP contribution in [-0.2, 0) is 14.3 Å². The number of carbonyl (C=O) groups excluding carboxylic acids is 2. The van der Waals surface area contributed by atoms with Gasteiger partial charge in [0.1, 0.15) is 0 Å². The maximum atomic E-state index is 11.0. The first kappa shape index (κ1) is 14.6. The van der Waals surface area contributed by atoms with E-state index in [0.717, 1.165) is 6.92 Å². The van der Waals surface area contributed by atoms with Crippen molar-refractivity contribution >= 4 is 46.9 Å². The highest BCUT2D eigenvalue weighted by atomic mass is 35.6. The quantitative estimate of drug-likeness (QED) is 0.487. The SMILES string of the molecule is CCOC(=O)N[C@H](OC(C)=O)C(Cl)(Cl)Cl. The van der Waals surface area contributed by atoms with Crippen molar-refractivity contribution in [3.8, 4) is 0 Å². The first-order valence-corrected chi connectivity index (χ1v) is 5.08. The van der Waals surface area contributed by atoms with Crippen molar-refractivity contribution in [2.24, 2.45) is 0 Å². The number of nitrogens with one attached hydrogen (secondary N) is 1. The fraction of sp³-hybridized carbons (Fsp3) is 0.714. The lowest BCUT2D eigenvalue weighted by Crippen LogP contribution is -2.46. The van der Waals surface area contributed by atoms with Crippen LogP contribution in [0.25, 0.3) is 0 Å². The summed E-state index contributed by atoms with van der Waals surface area (Å²) in [4.78, 5) is 21.6. The molecule has 0 spiro atoms. The van der Waals surface area contributed by atoms with E-state index < -0.39 is 22.1 Å². The van der Waals surface area contributed by atoms with E-state index in [4.69, 9.17) is 34.8 Å². The number of alkyl carbamates (subject to hydrolysis) is 1. The van der Waals surface area contributed by atoms with Crippen LogP contribution >= 0.6 is 34.8 Å². The highest BCUT2D eigenvalue weighted by Gasteiger charge is 2.37. The zero-order chi connectivity index (χ0) is 12.1. The number of alkyl halides is 3. The lowest BCUT2D eigenvalue weighted by Gasteiger charge is -2.24. The Morgan fingerprint density at radius 2 is 1.93 bits per heavy atom. The average molecular weight is 279 g/mol. The molecule has 1 N–H and O–H groups in total. The number of esters is 1. The standard InChI is InChI=1S/C7H10Cl3NO4/c1-3-14-6(13)11-5(7(8,9)10)15-4(2)12/h5H,3H2,1-2H3,(H,11,13)/t5-/m1/s1. The van der Waals surface area contributed by atoms with Crippen molar-refractivity contribution in [2.45, 2.75) is 23.9 Å². The Hall–Kier alpha value is -0.390. The van der Waals surface area contributed by atoms with Gasteiger partial charge in [-0.15, -0.1) is 0 Å². The third-order valence-corrected chi connectivity index (χ3v) is 1.70. The Balaban J connectivity index is 4.38. The summed E-state index contributed by atoms with van der Waals surface area (Å²) in [5.74, 6) is -0.692. The molecule has 8 heteroatoms. The molecule has 0 aliphatic carbocycles. The largest absolute Gasteiger partial charge is 0.450 e. The maximum absolute atomic E-state index is 11.0. The minimum Gasteiger partial charge on any atom is -0.450 e. The number of hydrogen-bond acceptors (Lipinski definition) is 4. The van der Waals surface area contributed by atoms with E-state index in [0.29, 0.717) is 0 Å². The van der Waals surface area contributed by atoms with E-state index >= 15 is 0 Å². The first-order chi connectivity index (χ1) is 6.77. The fourth-order valence-electron chi connectivity index (χ4n) is 0.624. The van der Waals surface area contributed by atoms with Gasteiger partial charge in [-0.3, -0.25) is 10.1 Å². The molecule has 0 aliphatic rings. The molecule has 0 radical (unpaired) electrons. The summed E-state index contributed by atoms with van der Waals surface area (Å²) in [6, 6.07) is 0. The minimum absolute atomic E-state index is 0.151. The van der Waals surface area contributed by atoms with E-state index in [1.807, 2.05) is 0 Å². The topological polar surface area (TPSA) is 64.6 Å². The summed E-state index contributed by atoms with van der Waals surface area (Å²) in [5.41, 5.74) is 0. The second-order valence-electron chi connectivity index (χ2n) is 2.40. The van der Waals surface area contributed by atoms with Gasteiger partial charge in [0.15, 0.2) is 0 Å². The summed E-state index contributed by atoms with van der Waals surface area (Å²) in [5, 5.41) is 2.09. The monoisotopic (exact) mass is 277 g/mol. The van der Waals surface area contributed by atoms with Gasteiger partial charge < -0.3 is 9.47 Å². The van der Waals surface area contributed by atoms with Crippen LogP contribution < -0.4 is 5.32 Å². The molecule has 15 heavy (non-hydrogen) atoms. The van der Waals surface area contributed by atoms with Crippen LogP contribution in [0.15, 0.2) is 0 Å². The highest BCUT2D eigenvalue weighted by Crippen LogP contribution is 2.31. The van der Waals surface area contributed by atoms with Crippen LogP contribution in [0.5, 0.6) is 0 Å². The number of amides is 1. The van der Waals surface area contributed by atoms with Crippen LogP contribution in [0.1, 0.15) is 13.8 Å². The first-order valence-electron chi connectivity index (χ1n) is 3.94. The molecule has 0 rings (SSSR count). The Labute approximate surface area is 102 Å². The number of ether oxygens (including phenoxy) is 2. The van der Waals surface area contributed by atoms with Crippen LogP contribution in [0, 0.1) is 0 Å². The van der Waals surface area contributed by atoms with Gasteiger partial charge in [0.05, 0.1) is 6.61 Å². The lowest BCUT2D eigenvalue weighted by atomic mass is 10.6. The molecule has 88 valence electrons. The average Bonchev–Trinajstić information content (AvgIpc) is 2.00. The Bertz CT molecular complexity index is 241. The van der Waals surface area contributed by atoms with Crippen molar-refractivity contribution < 1.29 is 19.1 Å². The van der Waals surface area contributed by atoms with Crippen LogP contribution in [0.3, 0.4) is 0 Å². The van der Waals surface area contributed by atoms with Crippen molar-refractivity contribution in [1.82, 2.24) is 5.32 Å². The maximum Gasteiger partial charge on any atom is 0.410 e. The normalized spacial score (nSPS) is 12.9. The van der Waals surface area contributed by atoms with Gasteiger partial charge >= 0.3 is 12.1 Å². The second-order valence-corrected chi connectivity index (χ2v) is 4.76. The van der Waals surface area contributed by atoms with Gasteiger partial charge in [-0.25, -0.2) is 4.79 Å². The molecule has 0 saturated heterocycles. The lowest BCUT2D eigenvalue weighted by molar-refractivity contribution is -0.147. The molecule has 0 bridgehead atoms. The second kappa shape index (κ2) is 6.25. The zero-order valence-electron chi connectivity index (χ0n) is 8.05. The van der Waals surface area contributed by atoms with Gasteiger partial charge in [0, 0.05) is 6.92 Å². The smallest absolute Gasteiger partial charge is 0.410 e. The van der Waals surface area contributed by atoms with Crippen LogP contribution in [-0.4, -0.2) is 28.7 Å². The van der Waals surface area contributed by atoms with E-state index in [1.165, 1.54) is 0 Å². The molecule has 0 heterocycles. The predicted molar refractivity (Wildman–Crippen MR) is 56.0 cm³/mol. The van der Waals surface area contributed by atoms with Gasteiger partial charge in [-0.05, 0) is 6.92 Å². The van der Waals surface area contributed by atoms with E-state index in [-0.39, 0.29) is 6.61 Å². The summed E-state index contributed by atoms with van der Waals surface area (Å²) in [6.45, 7) is 2.88. The molecule has 0 aromatic heterocycles. The fourth-order valence-corrected chi connectivity index (χ4v) is 0.921. The predicted octanol–water partition coefficient (Wildman–Crippen LogP) is 1.99. The molecule has 1 atom stereocenters. The molecular weight excluding hydrogens is 268 g/mol. The molecule has 0 fully saturated rings. The molecule has 0 aromatic carbocycles. The number of carbonyl (C=O) groups is 2. The Morgan fingerprint density at radius 1 is 1.40 bits per heavy atom. The molecular formula is C7H10Cl3NO4. The minimum atomic E-state index is -1.96. The molecule has 0 saturated carbocycles.